The van der Waals surface area contributed by atoms with Crippen molar-refractivity contribution < 1.29 is 9.47 Å². The van der Waals surface area contributed by atoms with Gasteiger partial charge in [0.15, 0.2) is 0 Å². The molecule has 1 heterocycles. The van der Waals surface area contributed by atoms with Crippen molar-refractivity contribution in [2.45, 2.75) is 25.6 Å². The molecule has 4 heteroatoms. The van der Waals surface area contributed by atoms with E-state index in [-0.39, 0.29) is 5.84 Å². The number of hydrogen-bond donors (Lipinski definition) is 2. The van der Waals surface area contributed by atoms with Crippen LogP contribution in [-0.2, 0) is 16.1 Å². The molecule has 4 nitrogen and oxygen atoms in total. The number of rotatable bonds is 4. The zero-order chi connectivity index (χ0) is 12.1. The summed E-state index contributed by atoms with van der Waals surface area (Å²) in [5.41, 5.74) is 7.26. The Labute approximate surface area is 101 Å². The normalized spacial score (nSPS) is 16.9. The van der Waals surface area contributed by atoms with Gasteiger partial charge in [-0.05, 0) is 24.5 Å². The van der Waals surface area contributed by atoms with Gasteiger partial charge in [-0.2, -0.15) is 0 Å². The molecule has 0 aromatic heterocycles. The Balaban J connectivity index is 1.89. The first-order valence-electron chi connectivity index (χ1n) is 5.88. The second-order valence-electron chi connectivity index (χ2n) is 4.24. The highest BCUT2D eigenvalue weighted by atomic mass is 16.5. The summed E-state index contributed by atoms with van der Waals surface area (Å²) < 4.78 is 11.1. The molecule has 1 fully saturated rings. The third-order valence-corrected chi connectivity index (χ3v) is 2.89. The van der Waals surface area contributed by atoms with Crippen LogP contribution in [0.4, 0.5) is 0 Å². The molecule has 0 saturated carbocycles. The Bertz CT molecular complexity index is 387. The average Bonchev–Trinajstić information content (AvgIpc) is 2.38. The van der Waals surface area contributed by atoms with Crippen LogP contribution in [0.2, 0.25) is 0 Å². The number of benzene rings is 1. The quantitative estimate of drug-likeness (QED) is 0.615. The van der Waals surface area contributed by atoms with E-state index < -0.39 is 0 Å². The zero-order valence-corrected chi connectivity index (χ0v) is 9.82. The number of nitrogens with one attached hydrogen (secondary N) is 1. The molecule has 0 spiro atoms. The Morgan fingerprint density at radius 3 is 2.88 bits per heavy atom. The fourth-order valence-corrected chi connectivity index (χ4v) is 1.89. The van der Waals surface area contributed by atoms with E-state index in [0.29, 0.717) is 12.7 Å². The predicted octanol–water partition coefficient (Wildman–Crippen LogP) is 1.67. The van der Waals surface area contributed by atoms with Crippen molar-refractivity contribution in [3.8, 4) is 0 Å². The maximum Gasteiger partial charge on any atom is 0.122 e. The summed E-state index contributed by atoms with van der Waals surface area (Å²) >= 11 is 0. The third kappa shape index (κ3) is 3.54. The molecule has 1 saturated heterocycles. The number of ether oxygens (including phenoxy) is 2. The van der Waals surface area contributed by atoms with Gasteiger partial charge in [-0.25, -0.2) is 0 Å². The fraction of sp³-hybridized carbons (Fsp3) is 0.462. The lowest BCUT2D eigenvalue weighted by Crippen LogP contribution is -2.23. The van der Waals surface area contributed by atoms with E-state index in [1.165, 1.54) is 0 Å². The summed E-state index contributed by atoms with van der Waals surface area (Å²) in [7, 11) is 0. The zero-order valence-electron chi connectivity index (χ0n) is 9.82. The molecule has 92 valence electrons. The summed E-state index contributed by atoms with van der Waals surface area (Å²) in [4.78, 5) is 0. The minimum absolute atomic E-state index is 0.0953. The molecule has 17 heavy (non-hydrogen) atoms. The van der Waals surface area contributed by atoms with Crippen molar-refractivity contribution in [3.05, 3.63) is 35.4 Å². The highest BCUT2D eigenvalue weighted by Gasteiger charge is 2.13. The minimum atomic E-state index is 0.0953. The Hall–Kier alpha value is -1.39. The summed E-state index contributed by atoms with van der Waals surface area (Å²) in [5.74, 6) is 0.0953. The lowest BCUT2D eigenvalue weighted by atomic mass is 10.1. The van der Waals surface area contributed by atoms with E-state index in [9.17, 15) is 0 Å². The number of hydrogen-bond acceptors (Lipinski definition) is 3. The summed E-state index contributed by atoms with van der Waals surface area (Å²) in [6, 6.07) is 7.63. The van der Waals surface area contributed by atoms with Crippen LogP contribution in [0.15, 0.2) is 24.3 Å². The number of nitrogen functional groups attached to an aromatic ring is 1. The van der Waals surface area contributed by atoms with Gasteiger partial charge in [0.25, 0.3) is 0 Å². The average molecular weight is 234 g/mol. The van der Waals surface area contributed by atoms with Crippen molar-refractivity contribution in [2.24, 2.45) is 5.73 Å². The standard InChI is InChI=1S/C13H18N2O2/c14-13(15)11-3-1-2-10(8-11)9-17-12-4-6-16-7-5-12/h1-3,8,12H,4-7,9H2,(H3,14,15). The Morgan fingerprint density at radius 1 is 1.41 bits per heavy atom. The topological polar surface area (TPSA) is 68.3 Å². The first kappa shape index (κ1) is 12.1. The highest BCUT2D eigenvalue weighted by Crippen LogP contribution is 2.14. The molecule has 0 aliphatic carbocycles. The van der Waals surface area contributed by atoms with Crippen molar-refractivity contribution in [2.75, 3.05) is 13.2 Å². The monoisotopic (exact) mass is 234 g/mol. The minimum Gasteiger partial charge on any atom is -0.384 e. The van der Waals surface area contributed by atoms with Gasteiger partial charge in [0.1, 0.15) is 5.84 Å². The fourth-order valence-electron chi connectivity index (χ4n) is 1.89. The maximum absolute atomic E-state index is 7.38. The van der Waals surface area contributed by atoms with Gasteiger partial charge >= 0.3 is 0 Å². The van der Waals surface area contributed by atoms with Gasteiger partial charge in [0.05, 0.1) is 12.7 Å². The van der Waals surface area contributed by atoms with Gasteiger partial charge in [0.2, 0.25) is 0 Å². The van der Waals surface area contributed by atoms with Crippen LogP contribution >= 0.6 is 0 Å². The molecule has 0 radical (unpaired) electrons. The summed E-state index contributed by atoms with van der Waals surface area (Å²) in [6.45, 7) is 2.15. The molecule has 1 aromatic carbocycles. The van der Waals surface area contributed by atoms with Crippen LogP contribution in [-0.4, -0.2) is 25.2 Å². The smallest absolute Gasteiger partial charge is 0.122 e. The molecule has 0 atom stereocenters. The first-order valence-corrected chi connectivity index (χ1v) is 5.88. The Morgan fingerprint density at radius 2 is 2.18 bits per heavy atom. The number of amidine groups is 1. The SMILES string of the molecule is N=C(N)c1cccc(COC2CCOCC2)c1. The molecule has 1 aromatic rings. The lowest BCUT2D eigenvalue weighted by molar-refractivity contribution is -0.0390. The van der Waals surface area contributed by atoms with Crippen molar-refractivity contribution >= 4 is 5.84 Å². The van der Waals surface area contributed by atoms with E-state index in [2.05, 4.69) is 0 Å². The molecule has 1 aliphatic heterocycles. The van der Waals surface area contributed by atoms with Gasteiger partial charge in [-0.3, -0.25) is 5.41 Å². The van der Waals surface area contributed by atoms with E-state index in [1.54, 1.807) is 0 Å². The van der Waals surface area contributed by atoms with E-state index in [0.717, 1.165) is 37.2 Å². The van der Waals surface area contributed by atoms with Crippen molar-refractivity contribution in [1.82, 2.24) is 0 Å². The van der Waals surface area contributed by atoms with E-state index in [1.807, 2.05) is 24.3 Å². The van der Waals surface area contributed by atoms with Crippen LogP contribution in [0.3, 0.4) is 0 Å². The Kier molecular flexibility index (Phi) is 4.12. The van der Waals surface area contributed by atoms with Gasteiger partial charge in [-0.15, -0.1) is 0 Å². The van der Waals surface area contributed by atoms with Crippen molar-refractivity contribution in [1.29, 1.82) is 5.41 Å². The van der Waals surface area contributed by atoms with Gasteiger partial charge in [-0.1, -0.05) is 18.2 Å². The highest BCUT2D eigenvalue weighted by molar-refractivity contribution is 5.95. The molecule has 3 N–H and O–H groups in total. The van der Waals surface area contributed by atoms with Crippen LogP contribution < -0.4 is 5.73 Å². The largest absolute Gasteiger partial charge is 0.384 e. The lowest BCUT2D eigenvalue weighted by Gasteiger charge is -2.22. The first-order chi connectivity index (χ1) is 8.25. The van der Waals surface area contributed by atoms with E-state index >= 15 is 0 Å². The van der Waals surface area contributed by atoms with Gasteiger partial charge < -0.3 is 15.2 Å². The maximum atomic E-state index is 7.38. The molecular weight excluding hydrogens is 216 g/mol. The second-order valence-corrected chi connectivity index (χ2v) is 4.24. The third-order valence-electron chi connectivity index (χ3n) is 2.89. The van der Waals surface area contributed by atoms with Crippen LogP contribution in [0.1, 0.15) is 24.0 Å². The van der Waals surface area contributed by atoms with Crippen LogP contribution in [0.5, 0.6) is 0 Å². The van der Waals surface area contributed by atoms with Crippen LogP contribution in [0.25, 0.3) is 0 Å². The summed E-state index contributed by atoms with van der Waals surface area (Å²) in [6.07, 6.45) is 2.23. The molecule has 1 aliphatic rings. The molecule has 2 rings (SSSR count). The number of nitrogens with two attached hydrogens (primary N) is 1. The van der Waals surface area contributed by atoms with Crippen LogP contribution in [0, 0.1) is 5.41 Å². The molecular formula is C13H18N2O2. The van der Waals surface area contributed by atoms with E-state index in [4.69, 9.17) is 20.6 Å². The second kappa shape index (κ2) is 5.80. The molecule has 0 bridgehead atoms. The molecule has 0 amide bonds. The van der Waals surface area contributed by atoms with Gasteiger partial charge in [0, 0.05) is 18.8 Å². The predicted molar refractivity (Wildman–Crippen MR) is 66.1 cm³/mol. The van der Waals surface area contributed by atoms with Crippen molar-refractivity contribution in [3.63, 3.8) is 0 Å². The molecule has 0 unspecified atom stereocenters. The summed E-state index contributed by atoms with van der Waals surface area (Å²) in [5, 5.41) is 7.38.